The van der Waals surface area contributed by atoms with Crippen LogP contribution in [0.2, 0.25) is 0 Å². The zero-order valence-electron chi connectivity index (χ0n) is 16.2. The van der Waals surface area contributed by atoms with Crippen LogP contribution in [0.15, 0.2) is 29.6 Å². The van der Waals surface area contributed by atoms with Crippen molar-refractivity contribution in [2.45, 2.75) is 45.4 Å². The number of amides is 2. The molecule has 0 aliphatic heterocycles. The maximum atomic E-state index is 12.6. The van der Waals surface area contributed by atoms with Crippen molar-refractivity contribution < 1.29 is 9.59 Å². The van der Waals surface area contributed by atoms with E-state index in [1.165, 1.54) is 43.1 Å². The highest BCUT2D eigenvalue weighted by Gasteiger charge is 2.43. The molecule has 4 rings (SSSR count). The van der Waals surface area contributed by atoms with Crippen LogP contribution in [0.25, 0.3) is 11.3 Å². The van der Waals surface area contributed by atoms with Crippen LogP contribution < -0.4 is 10.6 Å². The minimum Gasteiger partial charge on any atom is -0.356 e. The number of thiazole rings is 1. The number of hydrogen-bond acceptors (Lipinski definition) is 4. The molecule has 2 amide bonds. The summed E-state index contributed by atoms with van der Waals surface area (Å²) in [5, 5.41) is 8.56. The Balaban J connectivity index is 1.31. The molecule has 2 bridgehead atoms. The number of rotatable bonds is 7. The topological polar surface area (TPSA) is 71.1 Å². The van der Waals surface area contributed by atoms with Gasteiger partial charge in [-0.2, -0.15) is 0 Å². The first kappa shape index (κ1) is 19.1. The minimum absolute atomic E-state index is 0.0159. The second kappa shape index (κ2) is 8.43. The number of aromatic nitrogens is 1. The van der Waals surface area contributed by atoms with E-state index in [-0.39, 0.29) is 17.7 Å². The molecule has 0 spiro atoms. The Bertz CT molecular complexity index is 846. The molecule has 2 N–H and O–H groups in total. The van der Waals surface area contributed by atoms with Crippen molar-refractivity contribution in [1.29, 1.82) is 0 Å². The highest BCUT2D eigenvalue weighted by molar-refractivity contribution is 7.14. The van der Waals surface area contributed by atoms with Gasteiger partial charge in [-0.15, -0.1) is 11.3 Å². The molecule has 2 aromatic rings. The number of carbonyl (C=O) groups is 2. The summed E-state index contributed by atoms with van der Waals surface area (Å²) in [4.78, 5) is 28.1. The fourth-order valence-electron chi connectivity index (χ4n) is 4.63. The number of benzene rings is 1. The number of hydrogen-bond donors (Lipinski definition) is 2. The lowest BCUT2D eigenvalue weighted by molar-refractivity contribution is -0.121. The second-order valence-electron chi connectivity index (χ2n) is 8.09. The first-order chi connectivity index (χ1) is 13.6. The third-order valence-electron chi connectivity index (χ3n) is 6.08. The summed E-state index contributed by atoms with van der Waals surface area (Å²) in [7, 11) is 0. The van der Waals surface area contributed by atoms with Crippen molar-refractivity contribution in [3.63, 3.8) is 0 Å². The van der Waals surface area contributed by atoms with Gasteiger partial charge < -0.3 is 10.6 Å². The molecule has 3 atom stereocenters. The largest absolute Gasteiger partial charge is 0.356 e. The summed E-state index contributed by atoms with van der Waals surface area (Å²) in [6, 6.07) is 8.36. The number of aryl methyl sites for hydroxylation is 1. The van der Waals surface area contributed by atoms with E-state index in [0.717, 1.165) is 36.4 Å². The van der Waals surface area contributed by atoms with E-state index in [2.05, 4.69) is 39.9 Å². The summed E-state index contributed by atoms with van der Waals surface area (Å²) >= 11 is 1.49. The number of anilines is 1. The van der Waals surface area contributed by atoms with Gasteiger partial charge in [0.2, 0.25) is 11.8 Å². The fraction of sp³-hybridized carbons (Fsp3) is 0.500. The number of nitrogens with one attached hydrogen (secondary N) is 2. The molecule has 0 saturated heterocycles. The Morgan fingerprint density at radius 1 is 1.18 bits per heavy atom. The molecule has 148 valence electrons. The fourth-order valence-corrected chi connectivity index (χ4v) is 5.35. The lowest BCUT2D eigenvalue weighted by Gasteiger charge is -2.19. The molecule has 1 aromatic heterocycles. The van der Waals surface area contributed by atoms with Gasteiger partial charge in [0.1, 0.15) is 0 Å². The maximum Gasteiger partial charge on any atom is 0.229 e. The van der Waals surface area contributed by atoms with E-state index < -0.39 is 0 Å². The number of carbonyl (C=O) groups excluding carboxylic acids is 2. The quantitative estimate of drug-likeness (QED) is 0.686. The number of nitrogens with zero attached hydrogens (tertiary/aromatic N) is 1. The minimum atomic E-state index is 0.0159. The Kier molecular flexibility index (Phi) is 5.76. The van der Waals surface area contributed by atoms with E-state index in [1.807, 2.05) is 5.38 Å². The van der Waals surface area contributed by atoms with E-state index in [0.29, 0.717) is 17.6 Å². The van der Waals surface area contributed by atoms with Gasteiger partial charge in [-0.1, -0.05) is 30.7 Å². The average molecular weight is 398 g/mol. The molecule has 6 heteroatoms. The molecule has 1 heterocycles. The second-order valence-corrected chi connectivity index (χ2v) is 8.95. The molecule has 1 aromatic carbocycles. The van der Waals surface area contributed by atoms with Crippen molar-refractivity contribution in [1.82, 2.24) is 10.3 Å². The Morgan fingerprint density at radius 3 is 2.68 bits per heavy atom. The van der Waals surface area contributed by atoms with Gasteiger partial charge in [0.05, 0.1) is 5.69 Å². The third kappa shape index (κ3) is 4.43. The van der Waals surface area contributed by atoms with Gasteiger partial charge in [0, 0.05) is 30.3 Å². The smallest absolute Gasteiger partial charge is 0.229 e. The van der Waals surface area contributed by atoms with E-state index >= 15 is 0 Å². The van der Waals surface area contributed by atoms with Crippen molar-refractivity contribution in [2.75, 3.05) is 11.9 Å². The first-order valence-corrected chi connectivity index (χ1v) is 11.1. The molecule has 2 aliphatic carbocycles. The van der Waals surface area contributed by atoms with Crippen molar-refractivity contribution in [3.05, 3.63) is 35.2 Å². The summed E-state index contributed by atoms with van der Waals surface area (Å²) < 4.78 is 0. The Morgan fingerprint density at radius 2 is 2.00 bits per heavy atom. The molecule has 28 heavy (non-hydrogen) atoms. The highest BCUT2D eigenvalue weighted by Crippen LogP contribution is 2.48. The van der Waals surface area contributed by atoms with Crippen molar-refractivity contribution >= 4 is 28.3 Å². The molecular formula is C22H27N3O2S. The van der Waals surface area contributed by atoms with Gasteiger partial charge >= 0.3 is 0 Å². The van der Waals surface area contributed by atoms with E-state index in [9.17, 15) is 9.59 Å². The lowest BCUT2D eigenvalue weighted by Crippen LogP contribution is -2.27. The lowest BCUT2D eigenvalue weighted by atomic mass is 9.88. The van der Waals surface area contributed by atoms with Crippen LogP contribution in [0.1, 0.15) is 44.6 Å². The van der Waals surface area contributed by atoms with Crippen LogP contribution in [0.4, 0.5) is 5.13 Å². The first-order valence-electron chi connectivity index (χ1n) is 10.2. The Labute approximate surface area is 170 Å². The predicted octanol–water partition coefficient (Wildman–Crippen LogP) is 4.25. The van der Waals surface area contributed by atoms with E-state index in [1.54, 1.807) is 0 Å². The Hall–Kier alpha value is -2.21. The molecule has 5 nitrogen and oxygen atoms in total. The summed E-state index contributed by atoms with van der Waals surface area (Å²) in [5.74, 6) is 1.71. The summed E-state index contributed by atoms with van der Waals surface area (Å²) in [6.45, 7) is 2.24. The molecule has 3 unspecified atom stereocenters. The van der Waals surface area contributed by atoms with Gasteiger partial charge in [-0.05, 0) is 49.5 Å². The molecular weight excluding hydrogens is 370 g/mol. The molecule has 0 radical (unpaired) electrons. The highest BCUT2D eigenvalue weighted by atomic mass is 32.1. The van der Waals surface area contributed by atoms with Crippen LogP contribution >= 0.6 is 11.3 Å². The SMILES string of the molecule is CC(=O)NCCCc1ccc(-c2csc(NC(=O)C3CC4CCC3C4)n2)cc1. The monoisotopic (exact) mass is 397 g/mol. The van der Waals surface area contributed by atoms with Crippen LogP contribution in [-0.4, -0.2) is 23.3 Å². The van der Waals surface area contributed by atoms with Crippen LogP contribution in [0, 0.1) is 17.8 Å². The summed E-state index contributed by atoms with van der Waals surface area (Å²) in [6.07, 6.45) is 6.66. The maximum absolute atomic E-state index is 12.6. The zero-order valence-corrected chi connectivity index (χ0v) is 17.1. The van der Waals surface area contributed by atoms with Crippen LogP contribution in [0.3, 0.4) is 0 Å². The van der Waals surface area contributed by atoms with Gasteiger partial charge in [0.25, 0.3) is 0 Å². The average Bonchev–Trinajstić information content (AvgIpc) is 3.42. The van der Waals surface area contributed by atoms with Gasteiger partial charge in [-0.3, -0.25) is 9.59 Å². The van der Waals surface area contributed by atoms with Crippen LogP contribution in [0.5, 0.6) is 0 Å². The molecule has 2 aliphatic rings. The standard InChI is InChI=1S/C22H27N3O2S/c1-14(26)23-10-2-3-15-4-7-17(8-5-15)20-13-28-22(24-20)25-21(27)19-12-16-6-9-18(19)11-16/h4-5,7-8,13,16,18-19H,2-3,6,9-12H2,1H3,(H,23,26)(H,24,25,27). The molecule has 2 fully saturated rings. The zero-order chi connectivity index (χ0) is 19.5. The van der Waals surface area contributed by atoms with Gasteiger partial charge in [0.15, 0.2) is 5.13 Å². The normalized spacial score (nSPS) is 23.0. The number of fused-ring (bicyclic) bond motifs is 2. The van der Waals surface area contributed by atoms with Crippen molar-refractivity contribution in [3.8, 4) is 11.3 Å². The third-order valence-corrected chi connectivity index (χ3v) is 6.83. The molecule has 2 saturated carbocycles. The summed E-state index contributed by atoms with van der Waals surface area (Å²) in [5.41, 5.74) is 3.20. The van der Waals surface area contributed by atoms with E-state index in [4.69, 9.17) is 0 Å². The van der Waals surface area contributed by atoms with Gasteiger partial charge in [-0.25, -0.2) is 4.98 Å². The van der Waals surface area contributed by atoms with Crippen molar-refractivity contribution in [2.24, 2.45) is 17.8 Å². The predicted molar refractivity (Wildman–Crippen MR) is 112 cm³/mol. The van der Waals surface area contributed by atoms with Crippen LogP contribution in [-0.2, 0) is 16.0 Å².